The molecule has 1 aliphatic heterocycles. The van der Waals surface area contributed by atoms with Gasteiger partial charge in [-0.3, -0.25) is 4.79 Å². The Labute approximate surface area is 108 Å². The highest BCUT2D eigenvalue weighted by molar-refractivity contribution is 5.74. The lowest BCUT2D eigenvalue weighted by Crippen LogP contribution is -2.31. The van der Waals surface area contributed by atoms with E-state index < -0.39 is 5.97 Å². The second kappa shape index (κ2) is 4.63. The molecule has 2 unspecified atom stereocenters. The van der Waals surface area contributed by atoms with Gasteiger partial charge in [0.15, 0.2) is 0 Å². The van der Waals surface area contributed by atoms with Crippen LogP contribution < -0.4 is 4.90 Å². The van der Waals surface area contributed by atoms with Crippen molar-refractivity contribution in [2.45, 2.75) is 39.7 Å². The number of hydrogen-bond donors (Lipinski definition) is 1. The van der Waals surface area contributed by atoms with Gasteiger partial charge in [-0.25, -0.2) is 0 Å². The average Bonchev–Trinajstić information content (AvgIpc) is 2.68. The van der Waals surface area contributed by atoms with Crippen LogP contribution in [0.5, 0.6) is 0 Å². The van der Waals surface area contributed by atoms with Gasteiger partial charge in [0.1, 0.15) is 0 Å². The van der Waals surface area contributed by atoms with E-state index in [0.29, 0.717) is 6.04 Å². The summed E-state index contributed by atoms with van der Waals surface area (Å²) in [5.41, 5.74) is 3.64. The zero-order valence-corrected chi connectivity index (χ0v) is 11.5. The monoisotopic (exact) mass is 247 g/mol. The van der Waals surface area contributed by atoms with Crippen LogP contribution in [0, 0.1) is 12.8 Å². The number of fused-ring (bicyclic) bond motifs is 1. The van der Waals surface area contributed by atoms with E-state index in [0.717, 1.165) is 6.54 Å². The number of carboxylic acids is 1. The molecule has 0 saturated heterocycles. The fourth-order valence-corrected chi connectivity index (χ4v) is 2.87. The minimum atomic E-state index is -0.709. The van der Waals surface area contributed by atoms with Gasteiger partial charge in [-0.2, -0.15) is 0 Å². The van der Waals surface area contributed by atoms with Crippen LogP contribution >= 0.6 is 0 Å². The van der Waals surface area contributed by atoms with E-state index in [-0.39, 0.29) is 11.8 Å². The molecule has 0 aromatic heterocycles. The number of hydrogen-bond acceptors (Lipinski definition) is 2. The second-order valence-corrected chi connectivity index (χ2v) is 5.49. The molecule has 0 spiro atoms. The van der Waals surface area contributed by atoms with Crippen LogP contribution in [0.1, 0.15) is 37.8 Å². The van der Waals surface area contributed by atoms with Gasteiger partial charge in [-0.15, -0.1) is 0 Å². The van der Waals surface area contributed by atoms with Gasteiger partial charge in [0.25, 0.3) is 0 Å². The number of anilines is 1. The molecule has 1 N–H and O–H groups in total. The Morgan fingerprint density at radius 2 is 2.06 bits per heavy atom. The molecular formula is C15H21NO2. The van der Waals surface area contributed by atoms with Crippen molar-refractivity contribution in [2.75, 3.05) is 11.4 Å². The third-order valence-electron chi connectivity index (χ3n) is 3.99. The molecule has 0 saturated carbocycles. The minimum Gasteiger partial charge on any atom is -0.481 e. The molecule has 18 heavy (non-hydrogen) atoms. The standard InChI is InChI=1S/C15H21NO2/c1-9(2)16-8-12(11(4)15(17)18)14-10(3)6-5-7-13(14)16/h5-7,9,11-12H,8H2,1-4H3,(H,17,18). The maximum absolute atomic E-state index is 11.3. The SMILES string of the molecule is Cc1cccc2c1C(C(C)C(=O)O)CN2C(C)C. The van der Waals surface area contributed by atoms with E-state index in [1.165, 1.54) is 16.8 Å². The van der Waals surface area contributed by atoms with Crippen LogP contribution in [0.4, 0.5) is 5.69 Å². The lowest BCUT2D eigenvalue weighted by Gasteiger charge is -2.25. The van der Waals surface area contributed by atoms with Crippen LogP contribution in [-0.2, 0) is 4.79 Å². The first-order chi connectivity index (χ1) is 8.43. The van der Waals surface area contributed by atoms with Crippen molar-refractivity contribution in [1.29, 1.82) is 0 Å². The van der Waals surface area contributed by atoms with Gasteiger partial charge in [0.2, 0.25) is 0 Å². The van der Waals surface area contributed by atoms with Gasteiger partial charge in [0, 0.05) is 24.2 Å². The number of carboxylic acid groups (broad SMARTS) is 1. The quantitative estimate of drug-likeness (QED) is 0.892. The Morgan fingerprint density at radius 1 is 1.39 bits per heavy atom. The van der Waals surface area contributed by atoms with Crippen molar-refractivity contribution in [2.24, 2.45) is 5.92 Å². The summed E-state index contributed by atoms with van der Waals surface area (Å²) < 4.78 is 0. The number of aryl methyl sites for hydroxylation is 1. The Bertz CT molecular complexity index is 468. The molecule has 1 heterocycles. The van der Waals surface area contributed by atoms with Crippen molar-refractivity contribution in [3.8, 4) is 0 Å². The summed E-state index contributed by atoms with van der Waals surface area (Å²) in [6, 6.07) is 6.63. The maximum atomic E-state index is 11.3. The van der Waals surface area contributed by atoms with E-state index in [4.69, 9.17) is 0 Å². The van der Waals surface area contributed by atoms with E-state index in [1.54, 1.807) is 0 Å². The Kier molecular flexibility index (Phi) is 3.33. The molecular weight excluding hydrogens is 226 g/mol. The Hall–Kier alpha value is -1.51. The average molecular weight is 247 g/mol. The van der Waals surface area contributed by atoms with Crippen molar-refractivity contribution in [3.63, 3.8) is 0 Å². The first-order valence-corrected chi connectivity index (χ1v) is 6.52. The minimum absolute atomic E-state index is 0.0982. The van der Waals surface area contributed by atoms with Crippen molar-refractivity contribution in [3.05, 3.63) is 29.3 Å². The molecule has 0 fully saturated rings. The number of nitrogens with zero attached hydrogens (tertiary/aromatic N) is 1. The summed E-state index contributed by atoms with van der Waals surface area (Å²) in [7, 11) is 0. The number of aliphatic carboxylic acids is 1. The zero-order chi connectivity index (χ0) is 13.4. The number of carbonyl (C=O) groups is 1. The molecule has 0 bridgehead atoms. The molecule has 2 rings (SSSR count). The summed E-state index contributed by atoms with van der Waals surface area (Å²) in [5, 5.41) is 9.27. The molecule has 3 nitrogen and oxygen atoms in total. The smallest absolute Gasteiger partial charge is 0.306 e. The molecule has 3 heteroatoms. The summed E-state index contributed by atoms with van der Waals surface area (Å²) in [6.45, 7) is 9.00. The molecule has 98 valence electrons. The van der Waals surface area contributed by atoms with E-state index >= 15 is 0 Å². The van der Waals surface area contributed by atoms with Crippen molar-refractivity contribution >= 4 is 11.7 Å². The second-order valence-electron chi connectivity index (χ2n) is 5.49. The summed E-state index contributed by atoms with van der Waals surface area (Å²) in [6.07, 6.45) is 0. The predicted molar refractivity (Wildman–Crippen MR) is 73.2 cm³/mol. The summed E-state index contributed by atoms with van der Waals surface area (Å²) in [5.74, 6) is -0.950. The van der Waals surface area contributed by atoms with Crippen LogP contribution in [0.15, 0.2) is 18.2 Å². The third-order valence-corrected chi connectivity index (χ3v) is 3.99. The van der Waals surface area contributed by atoms with Gasteiger partial charge in [0.05, 0.1) is 5.92 Å². The third kappa shape index (κ3) is 1.98. The van der Waals surface area contributed by atoms with E-state index in [1.807, 2.05) is 6.92 Å². The van der Waals surface area contributed by atoms with Gasteiger partial charge in [-0.05, 0) is 38.0 Å². The lowest BCUT2D eigenvalue weighted by molar-refractivity contribution is -0.141. The maximum Gasteiger partial charge on any atom is 0.306 e. The largest absolute Gasteiger partial charge is 0.481 e. The molecule has 0 aliphatic carbocycles. The first kappa shape index (κ1) is 12.9. The molecule has 0 amide bonds. The molecule has 2 atom stereocenters. The van der Waals surface area contributed by atoms with Gasteiger partial charge >= 0.3 is 5.97 Å². The van der Waals surface area contributed by atoms with E-state index in [2.05, 4.69) is 43.9 Å². The number of rotatable bonds is 3. The molecule has 0 radical (unpaired) electrons. The van der Waals surface area contributed by atoms with Crippen molar-refractivity contribution in [1.82, 2.24) is 0 Å². The zero-order valence-electron chi connectivity index (χ0n) is 11.5. The fourth-order valence-electron chi connectivity index (χ4n) is 2.87. The molecule has 1 aliphatic rings. The molecule has 1 aromatic carbocycles. The summed E-state index contributed by atoms with van der Waals surface area (Å²) in [4.78, 5) is 13.6. The highest BCUT2D eigenvalue weighted by Crippen LogP contribution is 2.43. The van der Waals surface area contributed by atoms with Crippen LogP contribution in [0.2, 0.25) is 0 Å². The highest BCUT2D eigenvalue weighted by Gasteiger charge is 2.36. The lowest BCUT2D eigenvalue weighted by atomic mass is 9.86. The summed E-state index contributed by atoms with van der Waals surface area (Å²) >= 11 is 0. The van der Waals surface area contributed by atoms with Gasteiger partial charge in [-0.1, -0.05) is 19.1 Å². The van der Waals surface area contributed by atoms with Gasteiger partial charge < -0.3 is 10.0 Å². The molecule has 1 aromatic rings. The first-order valence-electron chi connectivity index (χ1n) is 6.52. The topological polar surface area (TPSA) is 40.5 Å². The van der Waals surface area contributed by atoms with E-state index in [9.17, 15) is 9.90 Å². The number of benzene rings is 1. The Morgan fingerprint density at radius 3 is 2.61 bits per heavy atom. The highest BCUT2D eigenvalue weighted by atomic mass is 16.4. The predicted octanol–water partition coefficient (Wildman–Crippen LogP) is 3.03. The Balaban J connectivity index is 2.47. The van der Waals surface area contributed by atoms with Crippen molar-refractivity contribution < 1.29 is 9.90 Å². The fraction of sp³-hybridized carbons (Fsp3) is 0.533. The van der Waals surface area contributed by atoms with Crippen LogP contribution in [0.25, 0.3) is 0 Å². The normalized spacial score (nSPS) is 20.1. The van der Waals surface area contributed by atoms with Crippen LogP contribution in [0.3, 0.4) is 0 Å². The van der Waals surface area contributed by atoms with Crippen LogP contribution in [-0.4, -0.2) is 23.7 Å².